The summed E-state index contributed by atoms with van der Waals surface area (Å²) < 4.78 is 30.7. The number of hydrogen-bond acceptors (Lipinski definition) is 6. The normalized spacial score (nSPS) is 18.9. The number of carbonyl (C=O) groups is 2. The number of hydrazone groups is 1. The molecule has 8 nitrogen and oxygen atoms in total. The second kappa shape index (κ2) is 10.0. The van der Waals surface area contributed by atoms with E-state index in [1.54, 1.807) is 36.3 Å². The predicted molar refractivity (Wildman–Crippen MR) is 126 cm³/mol. The van der Waals surface area contributed by atoms with Gasteiger partial charge in [0.15, 0.2) is 11.5 Å². The van der Waals surface area contributed by atoms with E-state index in [9.17, 15) is 14.0 Å². The summed E-state index contributed by atoms with van der Waals surface area (Å²) in [6.45, 7) is 0.680. The van der Waals surface area contributed by atoms with Crippen LogP contribution in [0.2, 0.25) is 0 Å². The first kappa shape index (κ1) is 23.3. The van der Waals surface area contributed by atoms with Crippen molar-refractivity contribution in [3.8, 4) is 11.5 Å². The zero-order chi connectivity index (χ0) is 24.4. The first-order valence-electron chi connectivity index (χ1n) is 11.9. The van der Waals surface area contributed by atoms with Crippen molar-refractivity contribution >= 4 is 17.5 Å². The van der Waals surface area contributed by atoms with Gasteiger partial charge in [-0.15, -0.1) is 0 Å². The Kier molecular flexibility index (Phi) is 6.68. The van der Waals surface area contributed by atoms with E-state index in [1.165, 1.54) is 11.1 Å². The summed E-state index contributed by atoms with van der Waals surface area (Å²) in [6.07, 6.45) is 3.04. The summed E-state index contributed by atoms with van der Waals surface area (Å²) >= 11 is 0. The standard InChI is InChI=1S/C26H28FN3O5/c1-33-12-11-29(26(32)17-5-4-6-17)15-25(31)30-22(18-9-10-23-24(13-18)35-16-34-23)14-21(28-30)19-7-2-3-8-20(19)27/h2-3,7-10,13,17,22H,4-6,11-12,14-16H2,1H3/t22-/m1/s1. The van der Waals surface area contributed by atoms with Crippen molar-refractivity contribution in [3.05, 3.63) is 59.4 Å². The second-order valence-electron chi connectivity index (χ2n) is 8.98. The molecule has 2 heterocycles. The van der Waals surface area contributed by atoms with Crippen LogP contribution >= 0.6 is 0 Å². The number of fused-ring (bicyclic) bond motifs is 1. The Morgan fingerprint density at radius 3 is 2.71 bits per heavy atom. The minimum atomic E-state index is -0.463. The van der Waals surface area contributed by atoms with Crippen LogP contribution in [0.25, 0.3) is 0 Å². The van der Waals surface area contributed by atoms with Crippen LogP contribution in [0.15, 0.2) is 47.6 Å². The van der Waals surface area contributed by atoms with E-state index >= 15 is 0 Å². The molecule has 35 heavy (non-hydrogen) atoms. The van der Waals surface area contributed by atoms with Crippen molar-refractivity contribution in [2.24, 2.45) is 11.0 Å². The molecule has 0 saturated heterocycles. The summed E-state index contributed by atoms with van der Waals surface area (Å²) in [6, 6.07) is 11.4. The number of halogens is 1. The number of carbonyl (C=O) groups excluding carboxylic acids is 2. The largest absolute Gasteiger partial charge is 0.454 e. The minimum Gasteiger partial charge on any atom is -0.454 e. The predicted octanol–water partition coefficient (Wildman–Crippen LogP) is 3.51. The molecule has 1 atom stereocenters. The molecular weight excluding hydrogens is 453 g/mol. The van der Waals surface area contributed by atoms with Crippen molar-refractivity contribution in [1.29, 1.82) is 0 Å². The molecule has 0 aromatic heterocycles. The lowest BCUT2D eigenvalue weighted by molar-refractivity contribution is -0.146. The van der Waals surface area contributed by atoms with E-state index < -0.39 is 11.9 Å². The monoisotopic (exact) mass is 481 g/mol. The molecule has 2 amide bonds. The van der Waals surface area contributed by atoms with E-state index in [4.69, 9.17) is 14.2 Å². The third-order valence-corrected chi connectivity index (χ3v) is 6.79. The van der Waals surface area contributed by atoms with E-state index in [2.05, 4.69) is 5.10 Å². The van der Waals surface area contributed by atoms with Crippen LogP contribution in [0.5, 0.6) is 11.5 Å². The van der Waals surface area contributed by atoms with Crippen LogP contribution in [0, 0.1) is 11.7 Å². The first-order valence-corrected chi connectivity index (χ1v) is 11.9. The molecule has 184 valence electrons. The lowest BCUT2D eigenvalue weighted by Gasteiger charge is -2.32. The third kappa shape index (κ3) is 4.73. The maximum absolute atomic E-state index is 14.6. The SMILES string of the molecule is COCCN(CC(=O)N1N=C(c2ccccc2F)C[C@@H]1c1ccc2c(c1)OCO2)C(=O)C1CCC1. The maximum Gasteiger partial charge on any atom is 0.262 e. The average molecular weight is 482 g/mol. The number of benzene rings is 2. The van der Waals surface area contributed by atoms with Gasteiger partial charge in [-0.2, -0.15) is 5.10 Å². The molecule has 1 fully saturated rings. The van der Waals surface area contributed by atoms with Crippen LogP contribution in [0.3, 0.4) is 0 Å². The molecular formula is C26H28FN3O5. The van der Waals surface area contributed by atoms with Crippen LogP contribution in [-0.4, -0.2) is 61.0 Å². The molecule has 1 saturated carbocycles. The number of hydrogen-bond donors (Lipinski definition) is 0. The molecule has 2 aromatic rings. The quantitative estimate of drug-likeness (QED) is 0.577. The lowest BCUT2D eigenvalue weighted by Crippen LogP contribution is -2.46. The number of nitrogens with zero attached hydrogens (tertiary/aromatic N) is 3. The van der Waals surface area contributed by atoms with E-state index in [1.807, 2.05) is 12.1 Å². The summed E-state index contributed by atoms with van der Waals surface area (Å²) in [5.41, 5.74) is 1.63. The van der Waals surface area contributed by atoms with Gasteiger partial charge in [0.1, 0.15) is 12.4 Å². The maximum atomic E-state index is 14.6. The summed E-state index contributed by atoms with van der Waals surface area (Å²) in [4.78, 5) is 28.1. The van der Waals surface area contributed by atoms with Gasteiger partial charge in [0.05, 0.1) is 18.4 Å². The lowest BCUT2D eigenvalue weighted by atomic mass is 9.84. The molecule has 9 heteroatoms. The van der Waals surface area contributed by atoms with Crippen molar-refractivity contribution in [3.63, 3.8) is 0 Å². The molecule has 3 aliphatic rings. The second-order valence-corrected chi connectivity index (χ2v) is 8.98. The van der Waals surface area contributed by atoms with E-state index in [0.717, 1.165) is 24.8 Å². The number of amides is 2. The highest BCUT2D eigenvalue weighted by atomic mass is 19.1. The molecule has 5 rings (SSSR count). The van der Waals surface area contributed by atoms with Gasteiger partial charge in [-0.05, 0) is 36.6 Å². The number of ether oxygens (including phenoxy) is 3. The zero-order valence-electron chi connectivity index (χ0n) is 19.6. The van der Waals surface area contributed by atoms with Gasteiger partial charge < -0.3 is 19.1 Å². The highest BCUT2D eigenvalue weighted by molar-refractivity contribution is 6.03. The van der Waals surface area contributed by atoms with Crippen molar-refractivity contribution < 1.29 is 28.2 Å². The van der Waals surface area contributed by atoms with E-state index in [-0.39, 0.29) is 31.1 Å². The first-order chi connectivity index (χ1) is 17.0. The Morgan fingerprint density at radius 1 is 1.17 bits per heavy atom. The van der Waals surface area contributed by atoms with Gasteiger partial charge in [-0.3, -0.25) is 9.59 Å². The van der Waals surface area contributed by atoms with Gasteiger partial charge in [0, 0.05) is 31.6 Å². The number of rotatable bonds is 8. The molecule has 1 aliphatic carbocycles. The average Bonchev–Trinajstić information content (AvgIpc) is 3.47. The highest BCUT2D eigenvalue weighted by Gasteiger charge is 2.37. The summed E-state index contributed by atoms with van der Waals surface area (Å²) in [5.74, 6) is 0.432. The van der Waals surface area contributed by atoms with Crippen LogP contribution in [0.1, 0.15) is 42.9 Å². The number of methoxy groups -OCH3 is 1. The molecule has 0 bridgehead atoms. The van der Waals surface area contributed by atoms with Gasteiger partial charge in [-0.1, -0.05) is 30.7 Å². The Bertz CT molecular complexity index is 1150. The Labute approximate surface area is 203 Å². The Hall–Kier alpha value is -3.46. The minimum absolute atomic E-state index is 0.0289. The molecule has 0 unspecified atom stereocenters. The molecule has 0 spiro atoms. The highest BCUT2D eigenvalue weighted by Crippen LogP contribution is 2.39. The fraction of sp³-hybridized carbons (Fsp3) is 0.423. The topological polar surface area (TPSA) is 80.7 Å². The fourth-order valence-electron chi connectivity index (χ4n) is 4.60. The van der Waals surface area contributed by atoms with Crippen LogP contribution in [0.4, 0.5) is 4.39 Å². The van der Waals surface area contributed by atoms with Gasteiger partial charge in [0.25, 0.3) is 5.91 Å². The van der Waals surface area contributed by atoms with Gasteiger partial charge in [0.2, 0.25) is 12.7 Å². The third-order valence-electron chi connectivity index (χ3n) is 6.79. The summed E-state index contributed by atoms with van der Waals surface area (Å²) in [7, 11) is 1.56. The fourth-order valence-corrected chi connectivity index (χ4v) is 4.60. The summed E-state index contributed by atoms with van der Waals surface area (Å²) in [5, 5.41) is 5.94. The molecule has 2 aliphatic heterocycles. The van der Waals surface area contributed by atoms with Gasteiger partial charge in [-0.25, -0.2) is 9.40 Å². The molecule has 0 radical (unpaired) electrons. The van der Waals surface area contributed by atoms with Gasteiger partial charge >= 0.3 is 0 Å². The molecule has 0 N–H and O–H groups in total. The van der Waals surface area contributed by atoms with Crippen molar-refractivity contribution in [2.75, 3.05) is 33.6 Å². The smallest absolute Gasteiger partial charge is 0.262 e. The zero-order valence-corrected chi connectivity index (χ0v) is 19.6. The van der Waals surface area contributed by atoms with Crippen molar-refractivity contribution in [2.45, 2.75) is 31.7 Å². The Morgan fingerprint density at radius 2 is 1.97 bits per heavy atom. The van der Waals surface area contributed by atoms with Crippen LogP contribution < -0.4 is 9.47 Å². The molecule has 2 aromatic carbocycles. The van der Waals surface area contributed by atoms with Crippen LogP contribution in [-0.2, 0) is 14.3 Å². The Balaban J connectivity index is 1.43. The van der Waals surface area contributed by atoms with Crippen molar-refractivity contribution in [1.82, 2.24) is 9.91 Å². The van der Waals surface area contributed by atoms with E-state index in [0.29, 0.717) is 42.3 Å².